The highest BCUT2D eigenvalue weighted by molar-refractivity contribution is 9.10. The molecule has 1 aromatic carbocycles. The van der Waals surface area contributed by atoms with Gasteiger partial charge in [-0.3, -0.25) is 0 Å². The van der Waals surface area contributed by atoms with Crippen LogP contribution >= 0.6 is 27.3 Å². The van der Waals surface area contributed by atoms with Crippen LogP contribution in [0.3, 0.4) is 0 Å². The standard InChI is InChI=1S/C16H20BrNS/c1-4-6-18-16(13-5-7-19-10-13)14-8-11(2)15(17)12(3)9-14/h5,7-10,16,18H,4,6H2,1-3H3. The molecule has 0 spiro atoms. The SMILES string of the molecule is CCCNC(c1ccsc1)c1cc(C)c(Br)c(C)c1. The number of hydrogen-bond acceptors (Lipinski definition) is 2. The molecule has 102 valence electrons. The molecule has 0 aliphatic rings. The molecule has 1 nitrogen and oxygen atoms in total. The number of hydrogen-bond donors (Lipinski definition) is 1. The molecule has 1 atom stereocenters. The summed E-state index contributed by atoms with van der Waals surface area (Å²) in [4.78, 5) is 0. The summed E-state index contributed by atoms with van der Waals surface area (Å²) in [6, 6.07) is 7.08. The summed E-state index contributed by atoms with van der Waals surface area (Å²) in [6.45, 7) is 7.56. The lowest BCUT2D eigenvalue weighted by molar-refractivity contribution is 0.599. The van der Waals surface area contributed by atoms with Crippen LogP contribution in [0.15, 0.2) is 33.4 Å². The first kappa shape index (κ1) is 14.8. The molecule has 0 aliphatic heterocycles. The minimum Gasteiger partial charge on any atom is -0.306 e. The summed E-state index contributed by atoms with van der Waals surface area (Å²) in [5.41, 5.74) is 5.31. The van der Waals surface area contributed by atoms with Gasteiger partial charge >= 0.3 is 0 Å². The second kappa shape index (κ2) is 6.69. The number of rotatable bonds is 5. The molecule has 0 saturated carbocycles. The van der Waals surface area contributed by atoms with Crippen LogP contribution in [0.25, 0.3) is 0 Å². The van der Waals surface area contributed by atoms with Crippen LogP contribution in [-0.4, -0.2) is 6.54 Å². The number of thiophene rings is 1. The van der Waals surface area contributed by atoms with Crippen LogP contribution in [0.2, 0.25) is 0 Å². The van der Waals surface area contributed by atoms with Gasteiger partial charge in [0.25, 0.3) is 0 Å². The van der Waals surface area contributed by atoms with Gasteiger partial charge in [-0.25, -0.2) is 0 Å². The van der Waals surface area contributed by atoms with E-state index in [9.17, 15) is 0 Å². The second-order valence-electron chi connectivity index (χ2n) is 4.91. The lowest BCUT2D eigenvalue weighted by Gasteiger charge is -2.20. The van der Waals surface area contributed by atoms with Gasteiger partial charge in [-0.05, 0) is 65.9 Å². The van der Waals surface area contributed by atoms with Crippen molar-refractivity contribution < 1.29 is 0 Å². The third-order valence-electron chi connectivity index (χ3n) is 3.27. The van der Waals surface area contributed by atoms with Crippen molar-refractivity contribution >= 4 is 27.3 Å². The first-order valence-electron chi connectivity index (χ1n) is 6.65. The van der Waals surface area contributed by atoms with Crippen molar-refractivity contribution in [3.05, 3.63) is 55.7 Å². The van der Waals surface area contributed by atoms with Crippen LogP contribution < -0.4 is 5.32 Å². The molecule has 0 amide bonds. The summed E-state index contributed by atoms with van der Waals surface area (Å²) in [5, 5.41) is 8.04. The highest BCUT2D eigenvalue weighted by Crippen LogP contribution is 2.29. The summed E-state index contributed by atoms with van der Waals surface area (Å²) in [6.07, 6.45) is 1.15. The Balaban J connectivity index is 2.38. The maximum absolute atomic E-state index is 3.65. The van der Waals surface area contributed by atoms with E-state index in [1.54, 1.807) is 11.3 Å². The van der Waals surface area contributed by atoms with Crippen molar-refractivity contribution in [2.75, 3.05) is 6.54 Å². The molecular formula is C16H20BrNS. The Hall–Kier alpha value is -0.640. The summed E-state index contributed by atoms with van der Waals surface area (Å²) < 4.78 is 1.22. The van der Waals surface area contributed by atoms with E-state index in [2.05, 4.69) is 71.0 Å². The van der Waals surface area contributed by atoms with Crippen molar-refractivity contribution in [2.45, 2.75) is 33.2 Å². The predicted molar refractivity (Wildman–Crippen MR) is 88.1 cm³/mol. The maximum Gasteiger partial charge on any atom is 0.0585 e. The minimum absolute atomic E-state index is 0.302. The van der Waals surface area contributed by atoms with E-state index in [1.165, 1.54) is 26.7 Å². The van der Waals surface area contributed by atoms with Gasteiger partial charge in [0.2, 0.25) is 0 Å². The molecule has 0 radical (unpaired) electrons. The Morgan fingerprint density at radius 3 is 2.42 bits per heavy atom. The van der Waals surface area contributed by atoms with Crippen molar-refractivity contribution in [3.63, 3.8) is 0 Å². The van der Waals surface area contributed by atoms with Gasteiger partial charge in [0.15, 0.2) is 0 Å². The van der Waals surface area contributed by atoms with Crippen LogP contribution in [0.5, 0.6) is 0 Å². The molecule has 19 heavy (non-hydrogen) atoms. The second-order valence-corrected chi connectivity index (χ2v) is 6.49. The molecule has 0 bridgehead atoms. The van der Waals surface area contributed by atoms with Crippen molar-refractivity contribution in [1.29, 1.82) is 0 Å². The summed E-state index contributed by atoms with van der Waals surface area (Å²) >= 11 is 5.40. The number of halogens is 1. The molecule has 1 heterocycles. The average Bonchev–Trinajstić information content (AvgIpc) is 2.90. The molecule has 2 rings (SSSR count). The highest BCUT2D eigenvalue weighted by Gasteiger charge is 2.15. The van der Waals surface area contributed by atoms with Crippen molar-refractivity contribution in [2.24, 2.45) is 0 Å². The molecular weight excluding hydrogens is 318 g/mol. The van der Waals surface area contributed by atoms with E-state index < -0.39 is 0 Å². The zero-order chi connectivity index (χ0) is 13.8. The number of benzene rings is 1. The van der Waals surface area contributed by atoms with Gasteiger partial charge in [0.05, 0.1) is 6.04 Å². The largest absolute Gasteiger partial charge is 0.306 e. The topological polar surface area (TPSA) is 12.0 Å². The quantitative estimate of drug-likeness (QED) is 0.788. The van der Waals surface area contributed by atoms with E-state index in [4.69, 9.17) is 0 Å². The fourth-order valence-electron chi connectivity index (χ4n) is 2.30. The Morgan fingerprint density at radius 1 is 1.21 bits per heavy atom. The van der Waals surface area contributed by atoms with E-state index in [-0.39, 0.29) is 0 Å². The maximum atomic E-state index is 3.65. The highest BCUT2D eigenvalue weighted by atomic mass is 79.9. The number of nitrogens with one attached hydrogen (secondary N) is 1. The molecule has 0 saturated heterocycles. The molecule has 2 aromatic rings. The van der Waals surface area contributed by atoms with E-state index >= 15 is 0 Å². The Bertz CT molecular complexity index is 511. The number of aryl methyl sites for hydroxylation is 2. The fourth-order valence-corrected chi connectivity index (χ4v) is 3.22. The molecule has 1 N–H and O–H groups in total. The van der Waals surface area contributed by atoms with Crippen molar-refractivity contribution in [1.82, 2.24) is 5.32 Å². The minimum atomic E-state index is 0.302. The zero-order valence-electron chi connectivity index (χ0n) is 11.7. The Kier molecular flexibility index (Phi) is 5.20. The predicted octanol–water partition coefficient (Wildman–Crippen LogP) is 5.22. The third kappa shape index (κ3) is 3.47. The molecule has 1 aromatic heterocycles. The van der Waals surface area contributed by atoms with E-state index in [0.717, 1.165) is 13.0 Å². The van der Waals surface area contributed by atoms with Crippen LogP contribution in [0, 0.1) is 13.8 Å². The van der Waals surface area contributed by atoms with Gasteiger partial charge in [0.1, 0.15) is 0 Å². The molecule has 0 fully saturated rings. The smallest absolute Gasteiger partial charge is 0.0585 e. The van der Waals surface area contributed by atoms with Crippen LogP contribution in [0.1, 0.15) is 41.6 Å². The van der Waals surface area contributed by atoms with Gasteiger partial charge in [-0.1, -0.05) is 35.0 Å². The average molecular weight is 338 g/mol. The van der Waals surface area contributed by atoms with Gasteiger partial charge in [-0.15, -0.1) is 0 Å². The Morgan fingerprint density at radius 2 is 1.89 bits per heavy atom. The normalized spacial score (nSPS) is 12.6. The molecule has 1 unspecified atom stereocenters. The van der Waals surface area contributed by atoms with Gasteiger partial charge in [-0.2, -0.15) is 11.3 Å². The summed E-state index contributed by atoms with van der Waals surface area (Å²) in [7, 11) is 0. The first-order chi connectivity index (χ1) is 9.13. The summed E-state index contributed by atoms with van der Waals surface area (Å²) in [5.74, 6) is 0. The van der Waals surface area contributed by atoms with Crippen molar-refractivity contribution in [3.8, 4) is 0 Å². The van der Waals surface area contributed by atoms with Crippen LogP contribution in [-0.2, 0) is 0 Å². The lowest BCUT2D eigenvalue weighted by Crippen LogP contribution is -2.23. The molecule has 3 heteroatoms. The zero-order valence-corrected chi connectivity index (χ0v) is 14.1. The Labute approximate surface area is 128 Å². The molecule has 0 aliphatic carbocycles. The first-order valence-corrected chi connectivity index (χ1v) is 8.39. The monoisotopic (exact) mass is 337 g/mol. The fraction of sp³-hybridized carbons (Fsp3) is 0.375. The van der Waals surface area contributed by atoms with E-state index in [0.29, 0.717) is 6.04 Å². The third-order valence-corrected chi connectivity index (χ3v) is 5.22. The van der Waals surface area contributed by atoms with Gasteiger partial charge in [0, 0.05) is 4.47 Å². The van der Waals surface area contributed by atoms with E-state index in [1.807, 2.05) is 0 Å². The van der Waals surface area contributed by atoms with Gasteiger partial charge < -0.3 is 5.32 Å². The van der Waals surface area contributed by atoms with Crippen LogP contribution in [0.4, 0.5) is 0 Å². The lowest BCUT2D eigenvalue weighted by atomic mass is 9.97.